The number of H-pyrrole nitrogens is 1. The lowest BCUT2D eigenvalue weighted by Gasteiger charge is -2.38. The van der Waals surface area contributed by atoms with E-state index in [4.69, 9.17) is 0 Å². The first kappa shape index (κ1) is 27.8. The molecule has 4 rings (SSSR count). The molecule has 1 aliphatic heterocycles. The molecule has 0 aliphatic carbocycles. The highest BCUT2D eigenvalue weighted by Gasteiger charge is 2.30. The summed E-state index contributed by atoms with van der Waals surface area (Å²) in [6.45, 7) is 10.2. The number of nitrogens with zero attached hydrogens (tertiary/aromatic N) is 5. The van der Waals surface area contributed by atoms with Crippen LogP contribution in [0.1, 0.15) is 40.5 Å². The molecule has 2 atom stereocenters. The topological polar surface area (TPSA) is 136 Å². The third-order valence-electron chi connectivity index (χ3n) is 6.86. The van der Waals surface area contributed by atoms with Crippen molar-refractivity contribution < 1.29 is 13.2 Å². The van der Waals surface area contributed by atoms with Gasteiger partial charge in [-0.25, -0.2) is 18.4 Å². The van der Waals surface area contributed by atoms with Gasteiger partial charge in [0, 0.05) is 32.2 Å². The van der Waals surface area contributed by atoms with Gasteiger partial charge in [-0.2, -0.15) is 9.40 Å². The Morgan fingerprint density at radius 1 is 1.26 bits per heavy atom. The zero-order chi connectivity index (χ0) is 27.3. The third kappa shape index (κ3) is 6.24. The smallest absolute Gasteiger partial charge is 0.245 e. The second kappa shape index (κ2) is 12.1. The molecule has 1 fully saturated rings. The maximum absolute atomic E-state index is 13.5. The lowest BCUT2D eigenvalue weighted by atomic mass is 9.93. The van der Waals surface area contributed by atoms with Gasteiger partial charge < -0.3 is 15.5 Å². The van der Waals surface area contributed by atoms with E-state index >= 15 is 0 Å². The average Bonchev–Trinajstić information content (AvgIpc) is 3.38. The van der Waals surface area contributed by atoms with E-state index in [1.807, 2.05) is 25.7 Å². The zero-order valence-electron chi connectivity index (χ0n) is 22.5. The summed E-state index contributed by atoms with van der Waals surface area (Å²) in [4.78, 5) is 23.8. The van der Waals surface area contributed by atoms with E-state index in [9.17, 15) is 13.2 Å². The molecular formula is C26H38N8O3S. The van der Waals surface area contributed by atoms with Crippen molar-refractivity contribution in [2.45, 2.75) is 51.5 Å². The van der Waals surface area contributed by atoms with Crippen LogP contribution in [0.15, 0.2) is 41.7 Å². The number of carbonyl (C=O) groups excluding carboxylic acids is 1. The van der Waals surface area contributed by atoms with Crippen molar-refractivity contribution >= 4 is 38.5 Å². The molecule has 1 saturated heterocycles. The molecule has 1 aliphatic rings. The van der Waals surface area contributed by atoms with Crippen LogP contribution in [-0.4, -0.2) is 82.5 Å². The number of aromatic nitrogens is 4. The maximum atomic E-state index is 13.5. The molecule has 1 amide bonds. The van der Waals surface area contributed by atoms with Crippen LogP contribution >= 0.6 is 0 Å². The van der Waals surface area contributed by atoms with Gasteiger partial charge >= 0.3 is 0 Å². The summed E-state index contributed by atoms with van der Waals surface area (Å²) in [5.74, 6) is 1.14. The molecule has 206 valence electrons. The highest BCUT2D eigenvalue weighted by molar-refractivity contribution is 7.89. The van der Waals surface area contributed by atoms with E-state index in [0.29, 0.717) is 49.2 Å². The van der Waals surface area contributed by atoms with E-state index in [-0.39, 0.29) is 29.3 Å². The number of amides is 1. The molecule has 3 N–H and O–H groups in total. The number of carbonyl (C=O) groups is 1. The van der Waals surface area contributed by atoms with Crippen LogP contribution in [0.4, 0.5) is 11.5 Å². The van der Waals surface area contributed by atoms with Gasteiger partial charge in [0.05, 0.1) is 23.8 Å². The number of aromatic amines is 1. The monoisotopic (exact) mass is 542 g/mol. The maximum Gasteiger partial charge on any atom is 0.245 e. The summed E-state index contributed by atoms with van der Waals surface area (Å²) < 4.78 is 28.6. The Morgan fingerprint density at radius 2 is 2.05 bits per heavy atom. The van der Waals surface area contributed by atoms with Crippen LogP contribution in [0.5, 0.6) is 0 Å². The molecule has 0 unspecified atom stereocenters. The van der Waals surface area contributed by atoms with Gasteiger partial charge in [0.15, 0.2) is 5.65 Å². The van der Waals surface area contributed by atoms with Crippen molar-refractivity contribution in [2.75, 3.05) is 43.4 Å². The SMILES string of the molecule is CCCN(CC(C)C)S(=O)(=O)c1ccccc1NCC(=O)N1CC[C@@H](C)[C@H](Nc2ncnc3[nH]ncc23)C1. The minimum atomic E-state index is -3.71. The first-order chi connectivity index (χ1) is 18.2. The lowest BCUT2D eigenvalue weighted by Crippen LogP contribution is -2.50. The fraction of sp³-hybridized carbons (Fsp3) is 0.538. The number of rotatable bonds is 11. The molecule has 0 saturated carbocycles. The summed E-state index contributed by atoms with van der Waals surface area (Å²) in [7, 11) is -3.71. The standard InChI is InChI=1S/C26H38N8O3S/c1-5-11-34(15-18(2)3)38(36,37)23-9-7-6-8-21(23)27-14-24(35)33-12-10-19(4)22(16-33)31-25-20-13-30-32-26(20)29-17-28-25/h6-9,13,17-19,22,27H,5,10-12,14-16H2,1-4H3,(H2,28,29,30,31,32)/t19-,22-/m1/s1. The second-order valence-corrected chi connectivity index (χ2v) is 12.2. The van der Waals surface area contributed by atoms with Gasteiger partial charge in [-0.15, -0.1) is 0 Å². The fourth-order valence-corrected chi connectivity index (χ4v) is 6.63. The lowest BCUT2D eigenvalue weighted by molar-refractivity contribution is -0.130. The first-order valence-corrected chi connectivity index (χ1v) is 14.7. The summed E-state index contributed by atoms with van der Waals surface area (Å²) in [6.07, 6.45) is 4.74. The van der Waals surface area contributed by atoms with E-state index in [0.717, 1.165) is 18.2 Å². The fourth-order valence-electron chi connectivity index (χ4n) is 4.76. The third-order valence-corrected chi connectivity index (χ3v) is 8.78. The van der Waals surface area contributed by atoms with Crippen molar-refractivity contribution in [3.05, 3.63) is 36.8 Å². The molecule has 11 nitrogen and oxygen atoms in total. The number of anilines is 2. The summed E-state index contributed by atoms with van der Waals surface area (Å²) >= 11 is 0. The normalized spacial score (nSPS) is 18.3. The van der Waals surface area contributed by atoms with Crippen molar-refractivity contribution in [2.24, 2.45) is 11.8 Å². The van der Waals surface area contributed by atoms with Gasteiger partial charge in [0.1, 0.15) is 17.0 Å². The Balaban J connectivity index is 1.44. The molecule has 1 aromatic carbocycles. The molecule has 0 radical (unpaired) electrons. The first-order valence-electron chi connectivity index (χ1n) is 13.2. The van der Waals surface area contributed by atoms with E-state index in [1.54, 1.807) is 30.5 Å². The summed E-state index contributed by atoms with van der Waals surface area (Å²) in [5.41, 5.74) is 1.09. The Morgan fingerprint density at radius 3 is 2.82 bits per heavy atom. The number of para-hydroxylation sites is 1. The Hall–Kier alpha value is -3.25. The Bertz CT molecular complexity index is 1340. The number of piperidine rings is 1. The molecular weight excluding hydrogens is 504 g/mol. The summed E-state index contributed by atoms with van der Waals surface area (Å²) in [5, 5.41) is 14.3. The van der Waals surface area contributed by atoms with Crippen LogP contribution < -0.4 is 10.6 Å². The van der Waals surface area contributed by atoms with Crippen molar-refractivity contribution in [3.8, 4) is 0 Å². The van der Waals surface area contributed by atoms with E-state index in [1.165, 1.54) is 10.6 Å². The molecule has 0 bridgehead atoms. The predicted octanol–water partition coefficient (Wildman–Crippen LogP) is 3.17. The van der Waals surface area contributed by atoms with Crippen LogP contribution in [0, 0.1) is 11.8 Å². The number of hydrogen-bond acceptors (Lipinski definition) is 8. The van der Waals surface area contributed by atoms with Crippen LogP contribution in [0.25, 0.3) is 11.0 Å². The average molecular weight is 543 g/mol. The van der Waals surface area contributed by atoms with Gasteiger partial charge in [-0.05, 0) is 36.8 Å². The van der Waals surface area contributed by atoms with Gasteiger partial charge in [-0.1, -0.05) is 39.8 Å². The van der Waals surface area contributed by atoms with Crippen molar-refractivity contribution in [1.82, 2.24) is 29.4 Å². The van der Waals surface area contributed by atoms with Crippen LogP contribution in [0.2, 0.25) is 0 Å². The van der Waals surface area contributed by atoms with Crippen LogP contribution in [0.3, 0.4) is 0 Å². The number of nitrogens with one attached hydrogen (secondary N) is 3. The molecule has 12 heteroatoms. The quantitative estimate of drug-likeness (QED) is 0.336. The van der Waals surface area contributed by atoms with Gasteiger partial charge in [0.25, 0.3) is 0 Å². The minimum Gasteiger partial charge on any atom is -0.375 e. The zero-order valence-corrected chi connectivity index (χ0v) is 23.3. The number of benzene rings is 1. The predicted molar refractivity (Wildman–Crippen MR) is 148 cm³/mol. The minimum absolute atomic E-state index is 0.00504. The Kier molecular flexibility index (Phi) is 8.83. The van der Waals surface area contributed by atoms with Crippen molar-refractivity contribution in [1.29, 1.82) is 0 Å². The van der Waals surface area contributed by atoms with Crippen LogP contribution in [-0.2, 0) is 14.8 Å². The van der Waals surface area contributed by atoms with E-state index in [2.05, 4.69) is 37.7 Å². The van der Waals surface area contributed by atoms with Gasteiger partial charge in [0.2, 0.25) is 15.9 Å². The Labute approximate surface area is 224 Å². The highest BCUT2D eigenvalue weighted by atomic mass is 32.2. The molecule has 38 heavy (non-hydrogen) atoms. The number of fused-ring (bicyclic) bond motifs is 1. The molecule has 3 heterocycles. The van der Waals surface area contributed by atoms with E-state index < -0.39 is 10.0 Å². The number of sulfonamides is 1. The van der Waals surface area contributed by atoms with Gasteiger partial charge in [-0.3, -0.25) is 9.89 Å². The molecule has 2 aromatic heterocycles. The number of likely N-dealkylation sites (tertiary alicyclic amines) is 1. The number of hydrogen-bond donors (Lipinski definition) is 3. The van der Waals surface area contributed by atoms with Crippen molar-refractivity contribution in [3.63, 3.8) is 0 Å². The highest BCUT2D eigenvalue weighted by Crippen LogP contribution is 2.27. The molecule has 3 aromatic rings. The molecule has 0 spiro atoms. The summed E-state index contributed by atoms with van der Waals surface area (Å²) in [6, 6.07) is 6.82. The largest absolute Gasteiger partial charge is 0.375 e. The second-order valence-electron chi connectivity index (χ2n) is 10.3.